The fourth-order valence-electron chi connectivity index (χ4n) is 1.67. The van der Waals surface area contributed by atoms with Crippen molar-refractivity contribution in [3.63, 3.8) is 0 Å². The molecule has 0 bridgehead atoms. The number of aliphatic hydroxyl groups excluding tert-OH is 1. The molecule has 1 heterocycles. The molecule has 0 saturated heterocycles. The lowest BCUT2D eigenvalue weighted by Crippen LogP contribution is -2.33. The van der Waals surface area contributed by atoms with Gasteiger partial charge in [0.2, 0.25) is 0 Å². The number of halogens is 1. The third-order valence-electron chi connectivity index (χ3n) is 3.06. The van der Waals surface area contributed by atoms with Gasteiger partial charge in [-0.25, -0.2) is 14.4 Å². The maximum Gasteiger partial charge on any atom is 0.137 e. The second kappa shape index (κ2) is 5.09. The number of benzene rings is 1. The Hall–Kier alpha value is -1.75. The maximum atomic E-state index is 13.3. The van der Waals surface area contributed by atoms with Crippen molar-refractivity contribution in [2.45, 2.75) is 26.9 Å². The van der Waals surface area contributed by atoms with E-state index in [0.717, 1.165) is 0 Å². The van der Waals surface area contributed by atoms with Crippen molar-refractivity contribution in [3.05, 3.63) is 30.3 Å². The molecule has 4 nitrogen and oxygen atoms in total. The minimum atomic E-state index is -0.522. The normalized spacial score (nSPS) is 13.5. The fraction of sp³-hybridized carbons (Fsp3) is 0.429. The van der Waals surface area contributed by atoms with E-state index in [2.05, 4.69) is 15.3 Å². The molecule has 2 rings (SSSR count). The van der Waals surface area contributed by atoms with Gasteiger partial charge in [-0.2, -0.15) is 0 Å². The van der Waals surface area contributed by atoms with Gasteiger partial charge in [-0.05, 0) is 23.6 Å². The number of nitrogens with one attached hydrogen (secondary N) is 1. The molecule has 0 amide bonds. The summed E-state index contributed by atoms with van der Waals surface area (Å²) in [6, 6.07) is 4.36. The van der Waals surface area contributed by atoms with Gasteiger partial charge in [0, 0.05) is 11.9 Å². The fourth-order valence-corrected chi connectivity index (χ4v) is 1.67. The topological polar surface area (TPSA) is 58.0 Å². The van der Waals surface area contributed by atoms with Crippen LogP contribution in [-0.2, 0) is 0 Å². The van der Waals surface area contributed by atoms with E-state index in [9.17, 15) is 9.50 Å². The predicted molar refractivity (Wildman–Crippen MR) is 73.4 cm³/mol. The number of hydrogen-bond acceptors (Lipinski definition) is 4. The van der Waals surface area contributed by atoms with Crippen LogP contribution in [0.4, 0.5) is 10.2 Å². The maximum absolute atomic E-state index is 13.3. The summed E-state index contributed by atoms with van der Waals surface area (Å²) in [6.45, 7) is 6.22. The van der Waals surface area contributed by atoms with E-state index in [1.54, 1.807) is 6.07 Å². The Labute approximate surface area is 111 Å². The average molecular weight is 263 g/mol. The highest BCUT2D eigenvalue weighted by Crippen LogP contribution is 2.22. The molecule has 0 aliphatic rings. The van der Waals surface area contributed by atoms with E-state index in [-0.39, 0.29) is 11.2 Å². The van der Waals surface area contributed by atoms with E-state index < -0.39 is 6.10 Å². The molecule has 2 N–H and O–H groups in total. The third kappa shape index (κ3) is 3.17. The molecule has 19 heavy (non-hydrogen) atoms. The first-order valence-electron chi connectivity index (χ1n) is 6.20. The van der Waals surface area contributed by atoms with E-state index in [4.69, 9.17) is 0 Å². The molecule has 0 saturated carbocycles. The van der Waals surface area contributed by atoms with E-state index in [1.807, 2.05) is 20.8 Å². The van der Waals surface area contributed by atoms with Crippen LogP contribution < -0.4 is 5.32 Å². The van der Waals surface area contributed by atoms with Crippen molar-refractivity contribution in [1.29, 1.82) is 0 Å². The number of anilines is 1. The molecule has 0 aliphatic heterocycles. The number of nitrogens with zero attached hydrogens (tertiary/aromatic N) is 2. The summed E-state index contributed by atoms with van der Waals surface area (Å²) in [5.41, 5.74) is 0.449. The summed E-state index contributed by atoms with van der Waals surface area (Å²) in [7, 11) is 0. The molecular formula is C14H18FN3O. The first kappa shape index (κ1) is 13.7. The zero-order chi connectivity index (χ0) is 14.0. The van der Waals surface area contributed by atoms with Crippen LogP contribution in [0.25, 0.3) is 10.9 Å². The molecule has 1 atom stereocenters. The zero-order valence-electron chi connectivity index (χ0n) is 11.3. The third-order valence-corrected chi connectivity index (χ3v) is 3.06. The van der Waals surface area contributed by atoms with Crippen molar-refractivity contribution in [2.24, 2.45) is 5.41 Å². The van der Waals surface area contributed by atoms with Crippen LogP contribution in [0.2, 0.25) is 0 Å². The first-order chi connectivity index (χ1) is 8.88. The van der Waals surface area contributed by atoms with Gasteiger partial charge < -0.3 is 10.4 Å². The molecule has 0 fully saturated rings. The number of aromatic nitrogens is 2. The first-order valence-corrected chi connectivity index (χ1v) is 6.20. The highest BCUT2D eigenvalue weighted by atomic mass is 19.1. The Morgan fingerprint density at radius 3 is 2.74 bits per heavy atom. The summed E-state index contributed by atoms with van der Waals surface area (Å²) < 4.78 is 13.3. The van der Waals surface area contributed by atoms with Crippen LogP contribution in [-0.4, -0.2) is 27.7 Å². The van der Waals surface area contributed by atoms with Crippen molar-refractivity contribution in [3.8, 4) is 0 Å². The van der Waals surface area contributed by atoms with Gasteiger partial charge >= 0.3 is 0 Å². The highest BCUT2D eigenvalue weighted by Gasteiger charge is 2.22. The number of hydrogen-bond donors (Lipinski definition) is 2. The Morgan fingerprint density at radius 1 is 1.32 bits per heavy atom. The second-order valence-corrected chi connectivity index (χ2v) is 5.65. The lowest BCUT2D eigenvalue weighted by Gasteiger charge is -2.26. The molecule has 5 heteroatoms. The van der Waals surface area contributed by atoms with Crippen LogP contribution in [0, 0.1) is 11.2 Å². The van der Waals surface area contributed by atoms with Crippen LogP contribution in [0.15, 0.2) is 24.5 Å². The van der Waals surface area contributed by atoms with Gasteiger partial charge in [0.1, 0.15) is 18.0 Å². The van der Waals surface area contributed by atoms with Gasteiger partial charge in [0.05, 0.1) is 11.6 Å². The lowest BCUT2D eigenvalue weighted by atomic mass is 9.89. The lowest BCUT2D eigenvalue weighted by molar-refractivity contribution is 0.0745. The van der Waals surface area contributed by atoms with Crippen LogP contribution >= 0.6 is 0 Å². The summed E-state index contributed by atoms with van der Waals surface area (Å²) in [5, 5.41) is 13.7. The molecule has 0 spiro atoms. The van der Waals surface area contributed by atoms with Gasteiger partial charge in [-0.15, -0.1) is 0 Å². The quantitative estimate of drug-likeness (QED) is 0.893. The molecule has 0 unspecified atom stereocenters. The van der Waals surface area contributed by atoms with Gasteiger partial charge in [-0.3, -0.25) is 0 Å². The molecule has 102 valence electrons. The second-order valence-electron chi connectivity index (χ2n) is 5.65. The largest absolute Gasteiger partial charge is 0.391 e. The smallest absolute Gasteiger partial charge is 0.137 e. The van der Waals surface area contributed by atoms with Gasteiger partial charge in [0.25, 0.3) is 0 Å². The van der Waals surface area contributed by atoms with Gasteiger partial charge in [-0.1, -0.05) is 20.8 Å². The molecule has 0 aliphatic carbocycles. The Balaban J connectivity index is 2.23. The summed E-state index contributed by atoms with van der Waals surface area (Å²) >= 11 is 0. The molecule has 1 aromatic carbocycles. The predicted octanol–water partition coefficient (Wildman–Crippen LogP) is 2.59. The molecular weight excluding hydrogens is 245 g/mol. The number of aliphatic hydroxyl groups is 1. The molecule has 2 aromatic rings. The Kier molecular flexibility index (Phi) is 3.66. The van der Waals surface area contributed by atoms with Crippen LogP contribution in [0.1, 0.15) is 20.8 Å². The monoisotopic (exact) mass is 263 g/mol. The van der Waals surface area contributed by atoms with Crippen molar-refractivity contribution in [2.75, 3.05) is 11.9 Å². The minimum Gasteiger partial charge on any atom is -0.391 e. The summed E-state index contributed by atoms with van der Waals surface area (Å²) in [5.74, 6) is 0.203. The van der Waals surface area contributed by atoms with E-state index >= 15 is 0 Å². The minimum absolute atomic E-state index is 0.221. The SMILES string of the molecule is CC(C)(C)[C@@H](O)CNc1ncnc2ccc(F)cc12. The van der Waals surface area contributed by atoms with Crippen molar-refractivity contribution >= 4 is 16.7 Å². The zero-order valence-corrected chi connectivity index (χ0v) is 11.3. The highest BCUT2D eigenvalue weighted by molar-refractivity contribution is 5.88. The van der Waals surface area contributed by atoms with E-state index in [1.165, 1.54) is 18.5 Å². The summed E-state index contributed by atoms with van der Waals surface area (Å²) in [6.07, 6.45) is 0.901. The molecule has 1 aromatic heterocycles. The van der Waals surface area contributed by atoms with Gasteiger partial charge in [0.15, 0.2) is 0 Å². The Morgan fingerprint density at radius 2 is 2.05 bits per heavy atom. The number of rotatable bonds is 3. The van der Waals surface area contributed by atoms with Crippen molar-refractivity contribution in [1.82, 2.24) is 9.97 Å². The van der Waals surface area contributed by atoms with E-state index in [0.29, 0.717) is 23.3 Å². The average Bonchev–Trinajstić information content (AvgIpc) is 2.34. The van der Waals surface area contributed by atoms with Crippen molar-refractivity contribution < 1.29 is 9.50 Å². The molecule has 0 radical (unpaired) electrons. The van der Waals surface area contributed by atoms with Crippen LogP contribution in [0.5, 0.6) is 0 Å². The van der Waals surface area contributed by atoms with Crippen LogP contribution in [0.3, 0.4) is 0 Å². The summed E-state index contributed by atoms with van der Waals surface area (Å²) in [4.78, 5) is 8.18. The number of fused-ring (bicyclic) bond motifs is 1. The Bertz CT molecular complexity index is 580. The standard InChI is InChI=1S/C14H18FN3O/c1-14(2,3)12(19)7-16-13-10-6-9(15)4-5-11(10)17-8-18-13/h4-6,8,12,19H,7H2,1-3H3,(H,16,17,18)/t12-/m0/s1.